The summed E-state index contributed by atoms with van der Waals surface area (Å²) < 4.78 is 5.59. The molecule has 0 aromatic heterocycles. The molecule has 0 radical (unpaired) electrons. The van der Waals surface area contributed by atoms with Crippen LogP contribution in [0.2, 0.25) is 0 Å². The number of esters is 1. The quantitative estimate of drug-likeness (QED) is 0.130. The lowest BCUT2D eigenvalue weighted by atomic mass is 10.1. The molecule has 7 heteroatoms. The third kappa shape index (κ3) is 7.28. The number of nitriles is 1. The molecule has 0 amide bonds. The van der Waals surface area contributed by atoms with E-state index in [9.17, 15) is 4.79 Å². The first kappa shape index (κ1) is 26.1. The van der Waals surface area contributed by atoms with Crippen molar-refractivity contribution in [1.82, 2.24) is 0 Å². The molecule has 0 heterocycles. The number of unbranched alkanes of at least 4 members (excludes halogenated alkanes) is 1. The van der Waals surface area contributed by atoms with Gasteiger partial charge in [-0.25, -0.2) is 4.79 Å². The molecule has 0 saturated carbocycles. The minimum atomic E-state index is -0.471. The Hall–Kier alpha value is -4.96. The highest BCUT2D eigenvalue weighted by Gasteiger charge is 2.11. The van der Waals surface area contributed by atoms with Crippen LogP contribution in [0.15, 0.2) is 111 Å². The number of carbonyl (C=O) groups excluding carboxylic acids is 1. The fourth-order valence-electron chi connectivity index (χ4n) is 3.58. The van der Waals surface area contributed by atoms with Crippen molar-refractivity contribution in [3.05, 3.63) is 113 Å². The molecule has 0 atom stereocenters. The van der Waals surface area contributed by atoms with Crippen LogP contribution in [0.5, 0.6) is 5.75 Å². The number of carbonyl (C=O) groups is 1. The molecule has 4 aromatic carbocycles. The zero-order chi connectivity index (χ0) is 26.7. The first-order valence-corrected chi connectivity index (χ1v) is 12.4. The lowest BCUT2D eigenvalue weighted by molar-refractivity contribution is 0.0733. The summed E-state index contributed by atoms with van der Waals surface area (Å²) in [6, 6.07) is 28.9. The van der Waals surface area contributed by atoms with Crippen molar-refractivity contribution in [1.29, 1.82) is 5.26 Å². The van der Waals surface area contributed by atoms with Gasteiger partial charge < -0.3 is 4.74 Å². The van der Waals surface area contributed by atoms with Crippen molar-refractivity contribution in [3.63, 3.8) is 0 Å². The molecule has 0 unspecified atom stereocenters. The minimum Gasteiger partial charge on any atom is -0.423 e. The Labute approximate surface area is 222 Å². The number of rotatable bonds is 9. The van der Waals surface area contributed by atoms with Crippen LogP contribution in [0.25, 0.3) is 0 Å². The van der Waals surface area contributed by atoms with Gasteiger partial charge in [0.2, 0.25) is 0 Å². The highest BCUT2D eigenvalue weighted by Crippen LogP contribution is 2.27. The van der Waals surface area contributed by atoms with Crippen LogP contribution in [0.4, 0.5) is 22.7 Å². The van der Waals surface area contributed by atoms with Gasteiger partial charge in [0, 0.05) is 0 Å². The second-order valence-corrected chi connectivity index (χ2v) is 8.71. The van der Waals surface area contributed by atoms with Gasteiger partial charge in [-0.3, -0.25) is 0 Å². The normalized spacial score (nSPS) is 11.1. The number of ether oxygens (including phenoxy) is 1. The average molecular weight is 502 g/mol. The zero-order valence-electron chi connectivity index (χ0n) is 21.3. The Bertz CT molecular complexity index is 1480. The molecule has 7 nitrogen and oxygen atoms in total. The van der Waals surface area contributed by atoms with E-state index in [0.717, 1.165) is 17.7 Å². The van der Waals surface area contributed by atoms with Gasteiger partial charge in [0.05, 0.1) is 39.9 Å². The first-order valence-electron chi connectivity index (χ1n) is 12.4. The Kier molecular flexibility index (Phi) is 8.82. The molecule has 4 aromatic rings. The number of hydrogen-bond acceptors (Lipinski definition) is 7. The highest BCUT2D eigenvalue weighted by atomic mass is 16.5. The highest BCUT2D eigenvalue weighted by molar-refractivity contribution is 5.91. The molecule has 188 valence electrons. The lowest BCUT2D eigenvalue weighted by Crippen LogP contribution is -2.08. The Balaban J connectivity index is 1.35. The van der Waals surface area contributed by atoms with E-state index in [0.29, 0.717) is 33.9 Å². The summed E-state index contributed by atoms with van der Waals surface area (Å²) >= 11 is 0. The van der Waals surface area contributed by atoms with Crippen LogP contribution >= 0.6 is 0 Å². The summed E-state index contributed by atoms with van der Waals surface area (Å²) in [5.74, 6) is -0.0139. The van der Waals surface area contributed by atoms with Gasteiger partial charge >= 0.3 is 5.97 Å². The van der Waals surface area contributed by atoms with Crippen molar-refractivity contribution in [2.75, 3.05) is 0 Å². The van der Waals surface area contributed by atoms with Crippen LogP contribution in [0, 0.1) is 18.3 Å². The number of nitrogens with zero attached hydrogens (tertiary/aromatic N) is 5. The van der Waals surface area contributed by atoms with Crippen molar-refractivity contribution in [2.45, 2.75) is 33.1 Å². The SMILES string of the molecule is CCCCc1ccc(N=Nc2ccc(OC(=O)c3ccc(N=Nc4ccc(C#N)cc4)cc3)c(C)c2)cc1. The van der Waals surface area contributed by atoms with Crippen molar-refractivity contribution >= 4 is 28.7 Å². The second kappa shape index (κ2) is 12.8. The maximum Gasteiger partial charge on any atom is 0.343 e. The van der Waals surface area contributed by atoms with Gasteiger partial charge in [-0.15, -0.1) is 0 Å². The number of azo groups is 2. The monoisotopic (exact) mass is 501 g/mol. The van der Waals surface area contributed by atoms with E-state index in [1.54, 1.807) is 60.7 Å². The number of aryl methyl sites for hydroxylation is 2. The summed E-state index contributed by atoms with van der Waals surface area (Å²) in [6.07, 6.45) is 3.42. The summed E-state index contributed by atoms with van der Waals surface area (Å²) in [7, 11) is 0. The van der Waals surface area contributed by atoms with Crippen LogP contribution in [0.1, 0.15) is 46.8 Å². The van der Waals surface area contributed by atoms with Gasteiger partial charge in [-0.1, -0.05) is 25.5 Å². The fraction of sp³-hybridized carbons (Fsp3) is 0.161. The second-order valence-electron chi connectivity index (χ2n) is 8.71. The molecule has 0 saturated heterocycles. The molecule has 0 N–H and O–H groups in total. The van der Waals surface area contributed by atoms with Gasteiger partial charge in [0.15, 0.2) is 0 Å². The molecule has 38 heavy (non-hydrogen) atoms. The van der Waals surface area contributed by atoms with E-state index in [1.165, 1.54) is 18.4 Å². The maximum atomic E-state index is 12.7. The molecule has 0 aliphatic heterocycles. The lowest BCUT2D eigenvalue weighted by Gasteiger charge is -2.08. The minimum absolute atomic E-state index is 0.396. The van der Waals surface area contributed by atoms with Gasteiger partial charge in [0.25, 0.3) is 0 Å². The van der Waals surface area contributed by atoms with Crippen molar-refractivity contribution in [3.8, 4) is 11.8 Å². The van der Waals surface area contributed by atoms with E-state index in [4.69, 9.17) is 10.00 Å². The van der Waals surface area contributed by atoms with Crippen LogP contribution < -0.4 is 4.74 Å². The standard InChI is InChI=1S/C31H27N5O2/c1-3-4-5-23-6-12-26(13-7-23)35-36-29-18-19-30(22(2)20-29)38-31(37)25-10-16-28(17-11-25)34-33-27-14-8-24(21-32)9-15-27/h6-20H,3-5H2,1-2H3. The number of benzene rings is 4. The van der Waals surface area contributed by atoms with Crippen LogP contribution in [-0.4, -0.2) is 5.97 Å². The Morgan fingerprint density at radius 1 is 0.763 bits per heavy atom. The fourth-order valence-corrected chi connectivity index (χ4v) is 3.58. The number of hydrogen-bond donors (Lipinski definition) is 0. The Morgan fingerprint density at radius 2 is 1.29 bits per heavy atom. The molecule has 0 bridgehead atoms. The van der Waals surface area contributed by atoms with Gasteiger partial charge in [-0.2, -0.15) is 25.7 Å². The zero-order valence-corrected chi connectivity index (χ0v) is 21.3. The van der Waals surface area contributed by atoms with Crippen LogP contribution in [-0.2, 0) is 6.42 Å². The third-order valence-corrected chi connectivity index (χ3v) is 5.78. The van der Waals surface area contributed by atoms with Gasteiger partial charge in [-0.05, 0) is 110 Å². The maximum absolute atomic E-state index is 12.7. The summed E-state index contributed by atoms with van der Waals surface area (Å²) in [5.41, 5.74) is 5.72. The molecule has 0 aliphatic carbocycles. The summed E-state index contributed by atoms with van der Waals surface area (Å²) in [6.45, 7) is 4.04. The smallest absolute Gasteiger partial charge is 0.343 e. The third-order valence-electron chi connectivity index (χ3n) is 5.78. The molecular weight excluding hydrogens is 474 g/mol. The molecule has 0 fully saturated rings. The summed E-state index contributed by atoms with van der Waals surface area (Å²) in [5, 5.41) is 25.8. The molecular formula is C31H27N5O2. The topological polar surface area (TPSA) is 99.5 Å². The first-order chi connectivity index (χ1) is 18.5. The Morgan fingerprint density at radius 3 is 1.84 bits per heavy atom. The largest absolute Gasteiger partial charge is 0.423 e. The summed E-state index contributed by atoms with van der Waals surface area (Å²) in [4.78, 5) is 12.7. The average Bonchev–Trinajstić information content (AvgIpc) is 2.96. The van der Waals surface area contributed by atoms with Crippen molar-refractivity contribution < 1.29 is 9.53 Å². The van der Waals surface area contributed by atoms with Gasteiger partial charge in [0.1, 0.15) is 5.75 Å². The van der Waals surface area contributed by atoms with E-state index in [2.05, 4.69) is 45.6 Å². The van der Waals surface area contributed by atoms with E-state index in [-0.39, 0.29) is 0 Å². The van der Waals surface area contributed by atoms with E-state index < -0.39 is 5.97 Å². The van der Waals surface area contributed by atoms with E-state index >= 15 is 0 Å². The molecule has 0 spiro atoms. The molecule has 0 aliphatic rings. The van der Waals surface area contributed by atoms with Crippen LogP contribution in [0.3, 0.4) is 0 Å². The van der Waals surface area contributed by atoms with Crippen molar-refractivity contribution in [2.24, 2.45) is 20.5 Å². The predicted molar refractivity (Wildman–Crippen MR) is 147 cm³/mol. The molecule has 4 rings (SSSR count). The predicted octanol–water partition coefficient (Wildman–Crippen LogP) is 9.26. The van der Waals surface area contributed by atoms with E-state index in [1.807, 2.05) is 25.1 Å².